The Hall–Kier alpha value is -2.08. The average molecular weight is 393 g/mol. The fourth-order valence-electron chi connectivity index (χ4n) is 3.90. The molecule has 0 aromatic heterocycles. The molecule has 1 atom stereocenters. The molecule has 1 aromatic rings. The Morgan fingerprint density at radius 3 is 2.59 bits per heavy atom. The number of rotatable bonds is 5. The second-order valence-electron chi connectivity index (χ2n) is 7.69. The van der Waals surface area contributed by atoms with E-state index in [0.717, 1.165) is 24.2 Å². The van der Waals surface area contributed by atoms with Crippen molar-refractivity contribution >= 4 is 29.3 Å². The average Bonchev–Trinajstić information content (AvgIpc) is 2.91. The first-order chi connectivity index (χ1) is 12.8. The Bertz CT molecular complexity index is 758. The first kappa shape index (κ1) is 19.7. The number of carbonyl (C=O) groups excluding carboxylic acids is 3. The minimum absolute atomic E-state index is 0.0468. The molecular weight excluding hydrogens is 368 g/mol. The maximum Gasteiger partial charge on any atom is 0.233 e. The van der Waals surface area contributed by atoms with Gasteiger partial charge >= 0.3 is 0 Å². The number of nitrogens with zero attached hydrogens (tertiary/aromatic N) is 1. The van der Waals surface area contributed by atoms with Crippen molar-refractivity contribution in [2.45, 2.75) is 44.9 Å². The molecule has 2 aliphatic rings. The van der Waals surface area contributed by atoms with E-state index in [0.29, 0.717) is 30.5 Å². The third-order valence-electron chi connectivity index (χ3n) is 5.69. The first-order valence-corrected chi connectivity index (χ1v) is 9.65. The van der Waals surface area contributed by atoms with Crippen LogP contribution in [0.25, 0.3) is 0 Å². The van der Waals surface area contributed by atoms with Crippen LogP contribution in [0.1, 0.15) is 50.5 Å². The zero-order valence-electron chi connectivity index (χ0n) is 15.7. The molecule has 2 saturated heterocycles. The van der Waals surface area contributed by atoms with Crippen molar-refractivity contribution in [1.29, 1.82) is 0 Å². The van der Waals surface area contributed by atoms with Crippen molar-refractivity contribution in [3.63, 3.8) is 0 Å². The summed E-state index contributed by atoms with van der Waals surface area (Å²) >= 11 is 6.16. The van der Waals surface area contributed by atoms with Crippen LogP contribution < -0.4 is 10.1 Å². The fraction of sp³-hybridized carbons (Fsp3) is 0.550. The highest BCUT2D eigenvalue weighted by Gasteiger charge is 2.42. The van der Waals surface area contributed by atoms with Crippen LogP contribution >= 0.6 is 11.6 Å². The van der Waals surface area contributed by atoms with Gasteiger partial charge in [0.1, 0.15) is 5.75 Å². The second-order valence-corrected chi connectivity index (χ2v) is 8.13. The van der Waals surface area contributed by atoms with Gasteiger partial charge in [-0.3, -0.25) is 19.7 Å². The second kappa shape index (κ2) is 7.89. The number of halogens is 1. The molecule has 0 unspecified atom stereocenters. The van der Waals surface area contributed by atoms with E-state index in [9.17, 15) is 14.4 Å². The number of benzene rings is 1. The van der Waals surface area contributed by atoms with Crippen LogP contribution in [-0.4, -0.2) is 42.8 Å². The summed E-state index contributed by atoms with van der Waals surface area (Å²) in [6.45, 7) is 3.11. The Balaban J connectivity index is 1.53. The number of amides is 3. The normalized spacial score (nSPS) is 23.4. The van der Waals surface area contributed by atoms with Gasteiger partial charge in [0.15, 0.2) is 0 Å². The van der Waals surface area contributed by atoms with Gasteiger partial charge in [-0.1, -0.05) is 18.5 Å². The van der Waals surface area contributed by atoms with Gasteiger partial charge < -0.3 is 9.64 Å². The lowest BCUT2D eigenvalue weighted by Crippen LogP contribution is -2.39. The van der Waals surface area contributed by atoms with Gasteiger partial charge in [-0.2, -0.15) is 0 Å². The number of imide groups is 1. The molecule has 0 saturated carbocycles. The lowest BCUT2D eigenvalue weighted by Gasteiger charge is -2.33. The summed E-state index contributed by atoms with van der Waals surface area (Å²) < 4.78 is 5.29. The van der Waals surface area contributed by atoms with Gasteiger partial charge in [0, 0.05) is 31.0 Å². The largest absolute Gasteiger partial charge is 0.497 e. The molecule has 0 radical (unpaired) electrons. The standard InChI is InChI=1S/C20H25ClN2O4/c1-20(12-17(24)22-19(20)26)6-3-18(25)23-7-4-13(5-8-23)14-9-15(21)11-16(10-14)27-2/h9-11,13H,3-8,12H2,1-2H3,(H,22,24,26)/t20-/m0/s1. The third-order valence-corrected chi connectivity index (χ3v) is 5.91. The van der Waals surface area contributed by atoms with Gasteiger partial charge in [0.05, 0.1) is 12.5 Å². The van der Waals surface area contributed by atoms with E-state index in [2.05, 4.69) is 5.32 Å². The molecule has 6 nitrogen and oxygen atoms in total. The van der Waals surface area contributed by atoms with E-state index in [1.54, 1.807) is 20.1 Å². The summed E-state index contributed by atoms with van der Waals surface area (Å²) in [6.07, 6.45) is 2.58. The summed E-state index contributed by atoms with van der Waals surface area (Å²) in [5.74, 6) is 0.609. The van der Waals surface area contributed by atoms with E-state index in [1.165, 1.54) is 0 Å². The number of hydrogen-bond donors (Lipinski definition) is 1. The van der Waals surface area contributed by atoms with Crippen molar-refractivity contribution < 1.29 is 19.1 Å². The van der Waals surface area contributed by atoms with Crippen LogP contribution in [0.3, 0.4) is 0 Å². The van der Waals surface area contributed by atoms with Gasteiger partial charge in [-0.25, -0.2) is 0 Å². The maximum atomic E-state index is 12.6. The van der Waals surface area contributed by atoms with Crippen LogP contribution in [0.2, 0.25) is 5.02 Å². The van der Waals surface area contributed by atoms with Gasteiger partial charge in [0.2, 0.25) is 17.7 Å². The molecule has 7 heteroatoms. The van der Waals surface area contributed by atoms with Crippen molar-refractivity contribution in [2.75, 3.05) is 20.2 Å². The molecule has 2 fully saturated rings. The van der Waals surface area contributed by atoms with Crippen molar-refractivity contribution in [2.24, 2.45) is 5.41 Å². The molecule has 2 heterocycles. The van der Waals surface area contributed by atoms with Gasteiger partial charge in [-0.15, -0.1) is 0 Å². The maximum absolute atomic E-state index is 12.6. The SMILES string of the molecule is COc1cc(Cl)cc(C2CCN(C(=O)CC[C@@]3(C)CC(=O)NC3=O)CC2)c1. The minimum atomic E-state index is -0.762. The fourth-order valence-corrected chi connectivity index (χ4v) is 4.13. The third kappa shape index (κ3) is 4.43. The number of likely N-dealkylation sites (tertiary alicyclic amines) is 1. The number of carbonyl (C=O) groups is 3. The molecule has 146 valence electrons. The number of methoxy groups -OCH3 is 1. The highest BCUT2D eigenvalue weighted by Crippen LogP contribution is 2.34. The molecule has 1 aromatic carbocycles. The lowest BCUT2D eigenvalue weighted by atomic mass is 9.83. The monoisotopic (exact) mass is 392 g/mol. The van der Waals surface area contributed by atoms with Gasteiger partial charge in [0.25, 0.3) is 0 Å². The van der Waals surface area contributed by atoms with Crippen LogP contribution in [0.15, 0.2) is 18.2 Å². The summed E-state index contributed by atoms with van der Waals surface area (Å²) in [5.41, 5.74) is 0.377. The predicted octanol–water partition coefficient (Wildman–Crippen LogP) is 2.89. The van der Waals surface area contributed by atoms with Crippen molar-refractivity contribution in [3.8, 4) is 5.75 Å². The molecular formula is C20H25ClN2O4. The van der Waals surface area contributed by atoms with Crippen LogP contribution in [0, 0.1) is 5.41 Å². The highest BCUT2D eigenvalue weighted by atomic mass is 35.5. The summed E-state index contributed by atoms with van der Waals surface area (Å²) in [6, 6.07) is 5.75. The quantitative estimate of drug-likeness (QED) is 0.782. The highest BCUT2D eigenvalue weighted by molar-refractivity contribution is 6.30. The van der Waals surface area contributed by atoms with Crippen molar-refractivity contribution in [3.05, 3.63) is 28.8 Å². The topological polar surface area (TPSA) is 75.7 Å². The Morgan fingerprint density at radius 1 is 1.30 bits per heavy atom. The predicted molar refractivity (Wildman–Crippen MR) is 102 cm³/mol. The molecule has 3 rings (SSSR count). The Labute approximate surface area is 164 Å². The molecule has 2 aliphatic heterocycles. The molecule has 0 spiro atoms. The number of piperidine rings is 1. The zero-order valence-corrected chi connectivity index (χ0v) is 16.5. The summed E-state index contributed by atoms with van der Waals surface area (Å²) in [5, 5.41) is 2.98. The van der Waals surface area contributed by atoms with Crippen LogP contribution in [0.4, 0.5) is 0 Å². The first-order valence-electron chi connectivity index (χ1n) is 9.27. The zero-order chi connectivity index (χ0) is 19.6. The lowest BCUT2D eigenvalue weighted by molar-refractivity contribution is -0.133. The Morgan fingerprint density at radius 2 is 2.00 bits per heavy atom. The van der Waals surface area contributed by atoms with E-state index in [1.807, 2.05) is 17.0 Å². The van der Waals surface area contributed by atoms with E-state index in [-0.39, 0.29) is 30.6 Å². The van der Waals surface area contributed by atoms with Gasteiger partial charge in [-0.05, 0) is 48.9 Å². The minimum Gasteiger partial charge on any atom is -0.497 e. The van der Waals surface area contributed by atoms with E-state index < -0.39 is 5.41 Å². The summed E-state index contributed by atoms with van der Waals surface area (Å²) in [4.78, 5) is 37.7. The molecule has 27 heavy (non-hydrogen) atoms. The number of ether oxygens (including phenoxy) is 1. The Kier molecular flexibility index (Phi) is 5.75. The molecule has 3 amide bonds. The molecule has 0 bridgehead atoms. The number of hydrogen-bond acceptors (Lipinski definition) is 4. The summed E-state index contributed by atoms with van der Waals surface area (Å²) in [7, 11) is 1.62. The van der Waals surface area contributed by atoms with E-state index in [4.69, 9.17) is 16.3 Å². The number of nitrogens with one attached hydrogen (secondary N) is 1. The molecule has 0 aliphatic carbocycles. The van der Waals surface area contributed by atoms with Crippen molar-refractivity contribution in [1.82, 2.24) is 10.2 Å². The van der Waals surface area contributed by atoms with Crippen LogP contribution in [0.5, 0.6) is 5.75 Å². The molecule has 1 N–H and O–H groups in total. The van der Waals surface area contributed by atoms with E-state index >= 15 is 0 Å². The van der Waals surface area contributed by atoms with Crippen LogP contribution in [-0.2, 0) is 14.4 Å². The smallest absolute Gasteiger partial charge is 0.233 e.